The first-order valence-corrected chi connectivity index (χ1v) is 11.5. The molecule has 0 N–H and O–H groups in total. The minimum atomic E-state index is 0.331. The zero-order chi connectivity index (χ0) is 19.4. The van der Waals surface area contributed by atoms with Gasteiger partial charge in [0.15, 0.2) is 0 Å². The fraction of sp³-hybridized carbons (Fsp3) is 0.917. The van der Waals surface area contributed by atoms with Gasteiger partial charge in [0, 0.05) is 25.9 Å². The molecule has 8 atom stereocenters. The van der Waals surface area contributed by atoms with Crippen molar-refractivity contribution < 1.29 is 4.79 Å². The number of rotatable bonds is 3. The van der Waals surface area contributed by atoms with Gasteiger partial charge in [-0.3, -0.25) is 4.79 Å². The summed E-state index contributed by atoms with van der Waals surface area (Å²) in [5, 5.41) is 9.01. The number of amides is 1. The topological polar surface area (TPSA) is 44.1 Å². The molecule has 3 nitrogen and oxygen atoms in total. The molecular weight excluding hydrogens is 332 g/mol. The highest BCUT2D eigenvalue weighted by Gasteiger charge is 2.61. The molecule has 4 aliphatic rings. The molecule has 1 saturated heterocycles. The fourth-order valence-electron chi connectivity index (χ4n) is 8.62. The molecule has 4 fully saturated rings. The van der Waals surface area contributed by atoms with Gasteiger partial charge in [-0.05, 0) is 91.8 Å². The first kappa shape index (κ1) is 19.3. The lowest BCUT2D eigenvalue weighted by Crippen LogP contribution is -2.61. The smallest absolute Gasteiger partial charge is 0.222 e. The van der Waals surface area contributed by atoms with Crippen molar-refractivity contribution in [2.45, 2.75) is 91.0 Å². The molecule has 3 aliphatic carbocycles. The third kappa shape index (κ3) is 2.77. The molecule has 1 heterocycles. The second kappa shape index (κ2) is 6.78. The lowest BCUT2D eigenvalue weighted by Gasteiger charge is -2.62. The van der Waals surface area contributed by atoms with Crippen LogP contribution in [0.25, 0.3) is 0 Å². The van der Waals surface area contributed by atoms with E-state index in [0.717, 1.165) is 42.9 Å². The first-order valence-electron chi connectivity index (χ1n) is 11.5. The Morgan fingerprint density at radius 1 is 1.11 bits per heavy atom. The zero-order valence-corrected chi connectivity index (χ0v) is 17.8. The van der Waals surface area contributed by atoms with Gasteiger partial charge in [0.05, 0.1) is 6.07 Å². The number of fused-ring (bicyclic) bond motifs is 5. The van der Waals surface area contributed by atoms with Crippen LogP contribution in [0.5, 0.6) is 0 Å². The van der Waals surface area contributed by atoms with E-state index in [1.165, 1.54) is 38.5 Å². The summed E-state index contributed by atoms with van der Waals surface area (Å²) in [5.74, 6) is 4.38. The molecule has 0 aromatic rings. The monoisotopic (exact) mass is 370 g/mol. The van der Waals surface area contributed by atoms with Gasteiger partial charge in [0.2, 0.25) is 5.91 Å². The molecule has 0 spiro atoms. The third-order valence-corrected chi connectivity index (χ3v) is 10.0. The maximum absolute atomic E-state index is 12.3. The van der Waals surface area contributed by atoms with E-state index in [1.807, 2.05) is 0 Å². The van der Waals surface area contributed by atoms with E-state index >= 15 is 0 Å². The molecule has 1 aliphatic heterocycles. The van der Waals surface area contributed by atoms with E-state index in [1.54, 1.807) is 0 Å². The molecule has 4 rings (SSSR count). The predicted molar refractivity (Wildman–Crippen MR) is 108 cm³/mol. The minimum absolute atomic E-state index is 0.331. The number of likely N-dealkylation sites (tertiary alicyclic amines) is 1. The van der Waals surface area contributed by atoms with E-state index in [0.29, 0.717) is 35.1 Å². The van der Waals surface area contributed by atoms with Crippen molar-refractivity contribution in [3.63, 3.8) is 0 Å². The summed E-state index contributed by atoms with van der Waals surface area (Å²) < 4.78 is 0. The van der Waals surface area contributed by atoms with Crippen LogP contribution in [-0.4, -0.2) is 23.9 Å². The normalized spacial score (nSPS) is 47.6. The van der Waals surface area contributed by atoms with Gasteiger partial charge >= 0.3 is 0 Å². The van der Waals surface area contributed by atoms with Crippen molar-refractivity contribution >= 4 is 5.91 Å². The van der Waals surface area contributed by atoms with Crippen LogP contribution < -0.4 is 0 Å². The Labute approximate surface area is 165 Å². The average molecular weight is 371 g/mol. The van der Waals surface area contributed by atoms with Gasteiger partial charge in [-0.2, -0.15) is 5.26 Å². The largest absolute Gasteiger partial charge is 0.342 e. The lowest BCUT2D eigenvalue weighted by molar-refractivity contribution is -0.158. The van der Waals surface area contributed by atoms with Crippen LogP contribution in [0, 0.1) is 51.8 Å². The Hall–Kier alpha value is -1.04. The summed E-state index contributed by atoms with van der Waals surface area (Å²) in [4.78, 5) is 14.4. The van der Waals surface area contributed by atoms with Gasteiger partial charge in [-0.1, -0.05) is 20.8 Å². The SMILES string of the molecule is C[C@H](CCC#N)[C@H]1CC[C@H]2[C@@H]3CC[C@H]4N(C)C(=O)CC[C@]4(C)[C@H]3CC[C@]12C. The van der Waals surface area contributed by atoms with E-state index in [9.17, 15) is 4.79 Å². The molecule has 0 unspecified atom stereocenters. The number of hydrogen-bond acceptors (Lipinski definition) is 2. The van der Waals surface area contributed by atoms with Crippen LogP contribution in [0.1, 0.15) is 85.0 Å². The highest BCUT2D eigenvalue weighted by molar-refractivity contribution is 5.77. The van der Waals surface area contributed by atoms with Crippen molar-refractivity contribution in [1.29, 1.82) is 5.26 Å². The van der Waals surface area contributed by atoms with Crippen LogP contribution in [0.15, 0.2) is 0 Å². The first-order chi connectivity index (χ1) is 12.8. The maximum atomic E-state index is 12.3. The van der Waals surface area contributed by atoms with Crippen LogP contribution in [0.4, 0.5) is 0 Å². The van der Waals surface area contributed by atoms with E-state index < -0.39 is 0 Å². The minimum Gasteiger partial charge on any atom is -0.342 e. The van der Waals surface area contributed by atoms with Crippen molar-refractivity contribution in [3.05, 3.63) is 0 Å². The highest BCUT2D eigenvalue weighted by atomic mass is 16.2. The summed E-state index contributed by atoms with van der Waals surface area (Å²) >= 11 is 0. The summed E-state index contributed by atoms with van der Waals surface area (Å²) in [7, 11) is 2.06. The predicted octanol–water partition coefficient (Wildman–Crippen LogP) is 5.41. The summed E-state index contributed by atoms with van der Waals surface area (Å²) in [6.45, 7) is 7.52. The number of piperidine rings is 1. The molecule has 0 aromatic heterocycles. The van der Waals surface area contributed by atoms with Gasteiger partial charge in [0.1, 0.15) is 0 Å². The maximum Gasteiger partial charge on any atom is 0.222 e. The van der Waals surface area contributed by atoms with E-state index in [4.69, 9.17) is 5.26 Å². The highest BCUT2D eigenvalue weighted by Crippen LogP contribution is 2.67. The Morgan fingerprint density at radius 2 is 1.85 bits per heavy atom. The number of nitriles is 1. The van der Waals surface area contributed by atoms with Crippen molar-refractivity contribution in [2.24, 2.45) is 40.4 Å². The number of hydrogen-bond donors (Lipinski definition) is 0. The summed E-state index contributed by atoms with van der Waals surface area (Å²) in [6, 6.07) is 2.83. The third-order valence-electron chi connectivity index (χ3n) is 10.0. The second-order valence-corrected chi connectivity index (χ2v) is 10.9. The van der Waals surface area contributed by atoms with Crippen LogP contribution >= 0.6 is 0 Å². The molecular formula is C24H38N2O. The van der Waals surface area contributed by atoms with Gasteiger partial charge in [-0.25, -0.2) is 0 Å². The van der Waals surface area contributed by atoms with Gasteiger partial charge in [-0.15, -0.1) is 0 Å². The Morgan fingerprint density at radius 3 is 2.59 bits per heavy atom. The molecule has 0 aromatic carbocycles. The molecule has 1 amide bonds. The Kier molecular flexibility index (Phi) is 4.84. The lowest BCUT2D eigenvalue weighted by atomic mass is 9.46. The Bertz CT molecular complexity index is 639. The molecule has 27 heavy (non-hydrogen) atoms. The second-order valence-electron chi connectivity index (χ2n) is 10.9. The quantitative estimate of drug-likeness (QED) is 0.667. The number of carbonyl (C=O) groups excluding carboxylic acids is 1. The summed E-state index contributed by atoms with van der Waals surface area (Å²) in [6.07, 6.45) is 11.7. The molecule has 150 valence electrons. The number of nitrogens with zero attached hydrogens (tertiary/aromatic N) is 2. The van der Waals surface area contributed by atoms with E-state index in [-0.39, 0.29) is 0 Å². The van der Waals surface area contributed by atoms with Crippen molar-refractivity contribution in [3.8, 4) is 6.07 Å². The van der Waals surface area contributed by atoms with Crippen LogP contribution in [0.3, 0.4) is 0 Å². The molecule has 3 saturated carbocycles. The molecule has 0 radical (unpaired) electrons. The Balaban J connectivity index is 1.56. The van der Waals surface area contributed by atoms with Gasteiger partial charge in [0.25, 0.3) is 0 Å². The molecule has 0 bridgehead atoms. The van der Waals surface area contributed by atoms with Crippen LogP contribution in [0.2, 0.25) is 0 Å². The van der Waals surface area contributed by atoms with Crippen LogP contribution in [-0.2, 0) is 4.79 Å². The van der Waals surface area contributed by atoms with E-state index in [2.05, 4.69) is 38.8 Å². The average Bonchev–Trinajstić information content (AvgIpc) is 3.00. The fourth-order valence-corrected chi connectivity index (χ4v) is 8.62. The van der Waals surface area contributed by atoms with Crippen molar-refractivity contribution in [2.75, 3.05) is 7.05 Å². The molecule has 3 heteroatoms. The zero-order valence-electron chi connectivity index (χ0n) is 17.8. The summed E-state index contributed by atoms with van der Waals surface area (Å²) in [5.41, 5.74) is 0.813. The van der Waals surface area contributed by atoms with Gasteiger partial charge < -0.3 is 4.90 Å². The van der Waals surface area contributed by atoms with Crippen molar-refractivity contribution in [1.82, 2.24) is 4.90 Å². The standard InChI is InChI=1S/C24H38N2O/c1-16(6-5-15-25)18-8-9-19-17-7-10-21-24(3,14-12-22(27)26(21)4)20(17)11-13-23(18,19)2/h16-21H,5-14H2,1-4H3/t16-,17+,18-,19+,20+,21-,23-,24-/m1/s1. The number of carbonyl (C=O) groups is 1.